The van der Waals surface area contributed by atoms with Gasteiger partial charge in [-0.05, 0) is 48.6 Å². The predicted octanol–water partition coefficient (Wildman–Crippen LogP) is 4.05. The Morgan fingerprint density at radius 3 is 2.66 bits per heavy atom. The summed E-state index contributed by atoms with van der Waals surface area (Å²) in [6.45, 7) is 0.734. The number of hydrogen-bond donors (Lipinski definition) is 0. The molecule has 0 saturated heterocycles. The molecule has 6 nitrogen and oxygen atoms in total. The molecule has 0 bridgehead atoms. The molecule has 0 amide bonds. The summed E-state index contributed by atoms with van der Waals surface area (Å²) < 4.78 is 33.3. The average molecular weight is 428 g/mol. The van der Waals surface area contributed by atoms with Crippen molar-refractivity contribution < 1.29 is 13.5 Å². The van der Waals surface area contributed by atoms with E-state index in [-0.39, 0.29) is 0 Å². The Labute approximate surface area is 175 Å². The topological polar surface area (TPSA) is 78.4 Å². The maximum Gasteiger partial charge on any atom is 0.229 e. The van der Waals surface area contributed by atoms with E-state index in [9.17, 15) is 8.76 Å². The van der Waals surface area contributed by atoms with Crippen molar-refractivity contribution in [1.82, 2.24) is 14.3 Å². The van der Waals surface area contributed by atoms with Gasteiger partial charge in [0.05, 0.1) is 31.6 Å². The summed E-state index contributed by atoms with van der Waals surface area (Å²) in [7, 11) is -1.87. The number of thiophene rings is 1. The van der Waals surface area contributed by atoms with E-state index in [0.29, 0.717) is 29.6 Å². The van der Waals surface area contributed by atoms with Crippen LogP contribution in [0.4, 0.5) is 0 Å². The molecule has 2 aliphatic rings. The van der Waals surface area contributed by atoms with Crippen molar-refractivity contribution in [1.29, 1.82) is 0 Å². The molecule has 3 aromatic rings. The van der Waals surface area contributed by atoms with E-state index in [2.05, 4.69) is 0 Å². The van der Waals surface area contributed by atoms with Gasteiger partial charge in [-0.3, -0.25) is 0 Å². The quantitative estimate of drug-likeness (QED) is 0.574. The molecule has 29 heavy (non-hydrogen) atoms. The van der Waals surface area contributed by atoms with Crippen LogP contribution in [0.25, 0.3) is 11.3 Å². The molecular formula is C21H21N3O3S2. The molecule has 1 fully saturated rings. The normalized spacial score (nSPS) is 18.8. The van der Waals surface area contributed by atoms with Crippen LogP contribution in [-0.2, 0) is 27.6 Å². The summed E-state index contributed by atoms with van der Waals surface area (Å²) in [6, 6.07) is 11.2. The van der Waals surface area contributed by atoms with E-state index >= 15 is 0 Å². The fourth-order valence-electron chi connectivity index (χ4n) is 3.66. The first-order valence-electron chi connectivity index (χ1n) is 9.64. The lowest BCUT2D eigenvalue weighted by Gasteiger charge is -2.31. The standard InChI is InChI=1S/C21H21N3O3S2/c1-27-16-8-6-14(7-9-16)20-17-13-24(29(25,26)19-3-2-12-28-19)11-10-18(17)22-21(23-20)15-4-5-15/h2-3,6-9,12,15H,4-5,10-11,13H2,1H3. The predicted molar refractivity (Wildman–Crippen MR) is 112 cm³/mol. The highest BCUT2D eigenvalue weighted by Gasteiger charge is 2.37. The zero-order valence-corrected chi connectivity index (χ0v) is 17.7. The number of aromatic nitrogens is 2. The molecule has 1 aliphatic heterocycles. The third-order valence-electron chi connectivity index (χ3n) is 5.44. The van der Waals surface area contributed by atoms with E-state index in [4.69, 9.17) is 14.7 Å². The molecule has 1 atom stereocenters. The first kappa shape index (κ1) is 18.9. The monoisotopic (exact) mass is 427 g/mol. The highest BCUT2D eigenvalue weighted by Crippen LogP contribution is 2.41. The second-order valence-electron chi connectivity index (χ2n) is 7.38. The van der Waals surface area contributed by atoms with Crippen LogP contribution in [0.15, 0.2) is 46.0 Å². The van der Waals surface area contributed by atoms with Crippen molar-refractivity contribution in [3.05, 3.63) is 58.9 Å². The van der Waals surface area contributed by atoms with Gasteiger partial charge in [0.2, 0.25) is 4.21 Å². The van der Waals surface area contributed by atoms with Crippen LogP contribution in [0.1, 0.15) is 35.8 Å². The fourth-order valence-corrected chi connectivity index (χ4v) is 6.22. The minimum atomic E-state index is -3.51. The molecule has 1 unspecified atom stereocenters. The lowest BCUT2D eigenvalue weighted by Crippen LogP contribution is -2.40. The molecule has 3 heterocycles. The van der Waals surface area contributed by atoms with Gasteiger partial charge in [0.15, 0.2) is 10.4 Å². The van der Waals surface area contributed by atoms with Gasteiger partial charge in [-0.15, -0.1) is 4.31 Å². The van der Waals surface area contributed by atoms with Gasteiger partial charge in [0.1, 0.15) is 11.6 Å². The van der Waals surface area contributed by atoms with E-state index in [1.165, 1.54) is 11.3 Å². The Balaban J connectivity index is 1.57. The summed E-state index contributed by atoms with van der Waals surface area (Å²) >= 11 is 1.25. The second-order valence-corrected chi connectivity index (χ2v) is 10.5. The van der Waals surface area contributed by atoms with Crippen LogP contribution in [0, 0.1) is 0 Å². The minimum absolute atomic E-state index is 0.294. The summed E-state index contributed by atoms with van der Waals surface area (Å²) in [4.78, 5) is 9.70. The average Bonchev–Trinajstić information content (AvgIpc) is 3.45. The molecule has 1 saturated carbocycles. The first-order chi connectivity index (χ1) is 14.1. The maximum atomic E-state index is 13.1. The second kappa shape index (κ2) is 7.28. The van der Waals surface area contributed by atoms with Crippen LogP contribution in [0.5, 0.6) is 5.75 Å². The molecule has 0 N–H and O–H groups in total. The Morgan fingerprint density at radius 1 is 1.21 bits per heavy atom. The molecule has 0 radical (unpaired) electrons. The number of methoxy groups -OCH3 is 1. The highest BCUT2D eigenvalue weighted by molar-refractivity contribution is 7.97. The van der Waals surface area contributed by atoms with Crippen LogP contribution in [-0.4, -0.2) is 32.5 Å². The van der Waals surface area contributed by atoms with Crippen molar-refractivity contribution in [3.63, 3.8) is 0 Å². The highest BCUT2D eigenvalue weighted by atomic mass is 32.3. The maximum absolute atomic E-state index is 13.1. The Bertz CT molecular complexity index is 1080. The largest absolute Gasteiger partial charge is 0.592 e. The molecule has 1 aromatic carbocycles. The number of ether oxygens (including phenoxy) is 1. The lowest BCUT2D eigenvalue weighted by molar-refractivity contribution is 0.338. The van der Waals surface area contributed by atoms with Gasteiger partial charge >= 0.3 is 0 Å². The number of rotatable bonds is 5. The van der Waals surface area contributed by atoms with Crippen molar-refractivity contribution in [2.75, 3.05) is 13.7 Å². The first-order valence-corrected chi connectivity index (χ1v) is 12.0. The van der Waals surface area contributed by atoms with E-state index in [1.807, 2.05) is 24.3 Å². The molecule has 2 aromatic heterocycles. The number of hydrogen-bond acceptors (Lipinski definition) is 6. The van der Waals surface area contributed by atoms with Gasteiger partial charge in [0.25, 0.3) is 0 Å². The van der Waals surface area contributed by atoms with Crippen LogP contribution in [0.3, 0.4) is 0 Å². The zero-order valence-electron chi connectivity index (χ0n) is 16.0. The Morgan fingerprint density at radius 2 is 2.00 bits per heavy atom. The molecule has 0 spiro atoms. The molecular weight excluding hydrogens is 406 g/mol. The van der Waals surface area contributed by atoms with Gasteiger partial charge in [-0.1, -0.05) is 15.5 Å². The minimum Gasteiger partial charge on any atom is -0.592 e. The van der Waals surface area contributed by atoms with Crippen molar-refractivity contribution in [3.8, 4) is 17.0 Å². The van der Waals surface area contributed by atoms with Crippen LogP contribution >= 0.6 is 11.3 Å². The van der Waals surface area contributed by atoms with Gasteiger partial charge in [-0.2, -0.15) is 0 Å². The van der Waals surface area contributed by atoms with E-state index in [1.54, 1.807) is 28.9 Å². The summed E-state index contributed by atoms with van der Waals surface area (Å²) in [6.07, 6.45) is 2.85. The fraction of sp³-hybridized carbons (Fsp3) is 0.333. The molecule has 150 valence electrons. The van der Waals surface area contributed by atoms with Crippen molar-refractivity contribution in [2.45, 2.75) is 35.9 Å². The van der Waals surface area contributed by atoms with E-state index in [0.717, 1.165) is 46.9 Å². The smallest absolute Gasteiger partial charge is 0.229 e. The van der Waals surface area contributed by atoms with Gasteiger partial charge in [0, 0.05) is 29.5 Å². The van der Waals surface area contributed by atoms with Crippen molar-refractivity contribution >= 4 is 21.7 Å². The zero-order chi connectivity index (χ0) is 20.0. The lowest BCUT2D eigenvalue weighted by atomic mass is 10.00. The van der Waals surface area contributed by atoms with Crippen molar-refractivity contribution in [2.24, 2.45) is 0 Å². The van der Waals surface area contributed by atoms with Gasteiger partial charge in [-0.25, -0.2) is 9.97 Å². The number of benzene rings is 1. The third kappa shape index (κ3) is 3.50. The summed E-state index contributed by atoms with van der Waals surface area (Å²) in [5.74, 6) is 2.11. The number of fused-ring (bicyclic) bond motifs is 1. The Kier molecular flexibility index (Phi) is 4.74. The number of sulfonamides is 1. The van der Waals surface area contributed by atoms with Gasteiger partial charge < -0.3 is 9.29 Å². The van der Waals surface area contributed by atoms with Crippen LogP contribution in [0.2, 0.25) is 0 Å². The molecule has 8 heteroatoms. The molecule has 1 aliphatic carbocycles. The third-order valence-corrected chi connectivity index (χ3v) is 8.66. The molecule has 5 rings (SSSR count). The van der Waals surface area contributed by atoms with Crippen LogP contribution < -0.4 is 4.74 Å². The Hall–Kier alpha value is -2.13. The summed E-state index contributed by atoms with van der Waals surface area (Å²) in [5.41, 5.74) is 3.68. The summed E-state index contributed by atoms with van der Waals surface area (Å²) in [5, 5.41) is 1.79. The SMILES string of the molecule is COc1ccc(-c2nc(C3CC3)nc3c2CN([S+](=O)([O-])c2cccs2)CC3)cc1. The van der Waals surface area contributed by atoms with E-state index < -0.39 is 10.4 Å². The number of nitrogens with zero attached hydrogens (tertiary/aromatic N) is 3.